The Morgan fingerprint density at radius 1 is 1.29 bits per heavy atom. The van der Waals surface area contributed by atoms with Crippen LogP contribution in [0.5, 0.6) is 0 Å². The molecular weight excluding hydrogens is 216 g/mol. The topological polar surface area (TPSA) is 47.7 Å². The standard InChI is InChI=1S/C13H26N2O2/c1-2-12-10-13(11-14,4-8-17-12)15-5-3-7-16-9-6-15/h12H,2-11,14H2,1H3. The van der Waals surface area contributed by atoms with Gasteiger partial charge in [0.05, 0.1) is 12.7 Å². The second kappa shape index (κ2) is 6.14. The van der Waals surface area contributed by atoms with Crippen LogP contribution in [0, 0.1) is 0 Å². The maximum absolute atomic E-state index is 6.10. The highest BCUT2D eigenvalue weighted by molar-refractivity contribution is 4.96. The van der Waals surface area contributed by atoms with Gasteiger partial charge in [-0.1, -0.05) is 6.92 Å². The fourth-order valence-corrected chi connectivity index (χ4v) is 3.08. The lowest BCUT2D eigenvalue weighted by Crippen LogP contribution is -2.59. The molecule has 4 heteroatoms. The SMILES string of the molecule is CCC1CC(CN)(N2CCCOCC2)CCO1. The van der Waals surface area contributed by atoms with Crippen LogP contribution in [0.4, 0.5) is 0 Å². The molecule has 2 atom stereocenters. The van der Waals surface area contributed by atoms with Gasteiger partial charge in [0.2, 0.25) is 0 Å². The van der Waals surface area contributed by atoms with Crippen molar-refractivity contribution < 1.29 is 9.47 Å². The predicted octanol–water partition coefficient (Wildman–Crippen LogP) is 0.995. The van der Waals surface area contributed by atoms with Crippen LogP contribution >= 0.6 is 0 Å². The van der Waals surface area contributed by atoms with Gasteiger partial charge < -0.3 is 15.2 Å². The smallest absolute Gasteiger partial charge is 0.0593 e. The molecule has 100 valence electrons. The van der Waals surface area contributed by atoms with Gasteiger partial charge in [0.25, 0.3) is 0 Å². The zero-order valence-corrected chi connectivity index (χ0v) is 11.0. The molecule has 2 rings (SSSR count). The minimum Gasteiger partial charge on any atom is -0.380 e. The Labute approximate surface area is 104 Å². The number of hydrogen-bond acceptors (Lipinski definition) is 4. The Morgan fingerprint density at radius 3 is 2.94 bits per heavy atom. The number of hydrogen-bond donors (Lipinski definition) is 1. The van der Waals surface area contributed by atoms with Crippen molar-refractivity contribution in [1.29, 1.82) is 0 Å². The van der Waals surface area contributed by atoms with Crippen molar-refractivity contribution in [2.75, 3.05) is 39.5 Å². The summed E-state index contributed by atoms with van der Waals surface area (Å²) in [5.74, 6) is 0. The van der Waals surface area contributed by atoms with Crippen molar-refractivity contribution in [3.05, 3.63) is 0 Å². The molecule has 2 N–H and O–H groups in total. The van der Waals surface area contributed by atoms with Crippen LogP contribution in [0.1, 0.15) is 32.6 Å². The first-order valence-electron chi connectivity index (χ1n) is 6.95. The molecule has 2 heterocycles. The van der Waals surface area contributed by atoms with E-state index in [4.69, 9.17) is 15.2 Å². The Morgan fingerprint density at radius 2 is 2.18 bits per heavy atom. The fourth-order valence-electron chi connectivity index (χ4n) is 3.08. The second-order valence-corrected chi connectivity index (χ2v) is 5.24. The van der Waals surface area contributed by atoms with Crippen molar-refractivity contribution in [2.45, 2.75) is 44.2 Å². The van der Waals surface area contributed by atoms with E-state index < -0.39 is 0 Å². The van der Waals surface area contributed by atoms with Crippen molar-refractivity contribution in [3.8, 4) is 0 Å². The molecule has 2 aliphatic heterocycles. The molecule has 2 saturated heterocycles. The van der Waals surface area contributed by atoms with Gasteiger partial charge in [-0.25, -0.2) is 0 Å². The van der Waals surface area contributed by atoms with E-state index in [0.717, 1.165) is 65.1 Å². The predicted molar refractivity (Wildman–Crippen MR) is 68.1 cm³/mol. The first kappa shape index (κ1) is 13.3. The van der Waals surface area contributed by atoms with Gasteiger partial charge in [-0.3, -0.25) is 4.90 Å². The molecule has 17 heavy (non-hydrogen) atoms. The largest absolute Gasteiger partial charge is 0.380 e. The van der Waals surface area contributed by atoms with Crippen LogP contribution in [-0.4, -0.2) is 56.0 Å². The molecule has 2 aliphatic rings. The third-order valence-corrected chi connectivity index (χ3v) is 4.26. The van der Waals surface area contributed by atoms with E-state index in [1.807, 2.05) is 0 Å². The monoisotopic (exact) mass is 242 g/mol. The summed E-state index contributed by atoms with van der Waals surface area (Å²) in [6.07, 6.45) is 4.75. The summed E-state index contributed by atoms with van der Waals surface area (Å²) < 4.78 is 11.3. The van der Waals surface area contributed by atoms with Crippen molar-refractivity contribution in [1.82, 2.24) is 4.90 Å². The number of nitrogens with two attached hydrogens (primary N) is 1. The molecule has 0 aliphatic carbocycles. The average Bonchev–Trinajstić information content (AvgIpc) is 2.68. The molecule has 0 saturated carbocycles. The van der Waals surface area contributed by atoms with Crippen molar-refractivity contribution in [2.24, 2.45) is 5.73 Å². The van der Waals surface area contributed by atoms with E-state index in [1.165, 1.54) is 0 Å². The zero-order chi connectivity index (χ0) is 12.1. The van der Waals surface area contributed by atoms with Gasteiger partial charge in [-0.05, 0) is 25.7 Å². The summed E-state index contributed by atoms with van der Waals surface area (Å²) >= 11 is 0. The lowest BCUT2D eigenvalue weighted by molar-refractivity contribution is -0.0720. The summed E-state index contributed by atoms with van der Waals surface area (Å²) in [6, 6.07) is 0. The van der Waals surface area contributed by atoms with Gasteiger partial charge in [0.15, 0.2) is 0 Å². The van der Waals surface area contributed by atoms with E-state index in [-0.39, 0.29) is 5.54 Å². The lowest BCUT2D eigenvalue weighted by atomic mass is 9.84. The quantitative estimate of drug-likeness (QED) is 0.802. The van der Waals surface area contributed by atoms with Gasteiger partial charge in [-0.2, -0.15) is 0 Å². The number of rotatable bonds is 3. The normalized spacial score (nSPS) is 36.7. The van der Waals surface area contributed by atoms with Gasteiger partial charge in [0, 0.05) is 38.4 Å². The minimum absolute atomic E-state index is 0.159. The zero-order valence-electron chi connectivity index (χ0n) is 11.0. The summed E-state index contributed by atoms with van der Waals surface area (Å²) in [5.41, 5.74) is 6.26. The molecule has 0 aromatic heterocycles. The van der Waals surface area contributed by atoms with Crippen LogP contribution in [0.2, 0.25) is 0 Å². The van der Waals surface area contributed by atoms with Crippen LogP contribution in [0.15, 0.2) is 0 Å². The highest BCUT2D eigenvalue weighted by atomic mass is 16.5. The molecule has 0 aromatic carbocycles. The Kier molecular flexibility index (Phi) is 4.79. The van der Waals surface area contributed by atoms with E-state index in [9.17, 15) is 0 Å². The van der Waals surface area contributed by atoms with E-state index in [0.29, 0.717) is 6.10 Å². The van der Waals surface area contributed by atoms with Crippen LogP contribution in [0.3, 0.4) is 0 Å². The highest BCUT2D eigenvalue weighted by Crippen LogP contribution is 2.32. The summed E-state index contributed by atoms with van der Waals surface area (Å²) in [5, 5.41) is 0. The van der Waals surface area contributed by atoms with Gasteiger partial charge in [0.1, 0.15) is 0 Å². The minimum atomic E-state index is 0.159. The molecule has 0 bridgehead atoms. The second-order valence-electron chi connectivity index (χ2n) is 5.24. The summed E-state index contributed by atoms with van der Waals surface area (Å²) in [6.45, 7) is 7.67. The fraction of sp³-hybridized carbons (Fsp3) is 1.00. The molecular formula is C13H26N2O2. The molecule has 0 radical (unpaired) electrons. The van der Waals surface area contributed by atoms with Gasteiger partial charge in [-0.15, -0.1) is 0 Å². The van der Waals surface area contributed by atoms with Crippen LogP contribution in [0.25, 0.3) is 0 Å². The molecule has 2 unspecified atom stereocenters. The third kappa shape index (κ3) is 2.99. The van der Waals surface area contributed by atoms with Crippen molar-refractivity contribution in [3.63, 3.8) is 0 Å². The first-order chi connectivity index (χ1) is 8.30. The number of ether oxygens (including phenoxy) is 2. The highest BCUT2D eigenvalue weighted by Gasteiger charge is 2.40. The summed E-state index contributed by atoms with van der Waals surface area (Å²) in [4.78, 5) is 2.56. The van der Waals surface area contributed by atoms with Crippen molar-refractivity contribution >= 4 is 0 Å². The maximum atomic E-state index is 6.10. The van der Waals surface area contributed by atoms with Crippen LogP contribution in [-0.2, 0) is 9.47 Å². The molecule has 2 fully saturated rings. The molecule has 4 nitrogen and oxygen atoms in total. The Balaban J connectivity index is 2.05. The Bertz CT molecular complexity index is 229. The lowest BCUT2D eigenvalue weighted by Gasteiger charge is -2.47. The average molecular weight is 242 g/mol. The maximum Gasteiger partial charge on any atom is 0.0593 e. The third-order valence-electron chi connectivity index (χ3n) is 4.26. The van der Waals surface area contributed by atoms with Gasteiger partial charge >= 0.3 is 0 Å². The van der Waals surface area contributed by atoms with E-state index >= 15 is 0 Å². The molecule has 0 aromatic rings. The first-order valence-corrected chi connectivity index (χ1v) is 6.95. The summed E-state index contributed by atoms with van der Waals surface area (Å²) in [7, 11) is 0. The molecule has 0 amide bonds. The van der Waals surface area contributed by atoms with E-state index in [1.54, 1.807) is 0 Å². The molecule has 0 spiro atoms. The van der Waals surface area contributed by atoms with E-state index in [2.05, 4.69) is 11.8 Å². The number of nitrogens with zero attached hydrogens (tertiary/aromatic N) is 1. The van der Waals surface area contributed by atoms with Crippen LogP contribution < -0.4 is 5.73 Å². The Hall–Kier alpha value is -0.160.